The van der Waals surface area contributed by atoms with Crippen LogP contribution in [0, 0.1) is 0 Å². The fraction of sp³-hybridized carbons (Fsp3) is 0.688. The van der Waals surface area contributed by atoms with Gasteiger partial charge in [0.15, 0.2) is 0 Å². The van der Waals surface area contributed by atoms with Crippen LogP contribution in [-0.4, -0.2) is 30.8 Å². The molecule has 112 valence electrons. The second-order valence-corrected chi connectivity index (χ2v) is 5.82. The van der Waals surface area contributed by atoms with E-state index in [1.807, 2.05) is 26.3 Å². The van der Waals surface area contributed by atoms with Crippen molar-refractivity contribution in [2.24, 2.45) is 0 Å². The highest BCUT2D eigenvalue weighted by atomic mass is 16.5. The van der Waals surface area contributed by atoms with Gasteiger partial charge in [-0.2, -0.15) is 0 Å². The maximum Gasteiger partial charge on any atom is 0.123 e. The molecule has 0 radical (unpaired) electrons. The van der Waals surface area contributed by atoms with Crippen LogP contribution in [0.15, 0.2) is 18.3 Å². The van der Waals surface area contributed by atoms with E-state index in [4.69, 9.17) is 10.5 Å². The van der Waals surface area contributed by atoms with Gasteiger partial charge in [-0.1, -0.05) is 25.7 Å². The number of pyridine rings is 1. The maximum absolute atomic E-state index is 6.00. The zero-order valence-corrected chi connectivity index (χ0v) is 12.7. The Bertz CT molecular complexity index is 414. The number of methoxy groups -OCH3 is 1. The van der Waals surface area contributed by atoms with Gasteiger partial charge in [-0.25, -0.2) is 4.98 Å². The number of nitrogens with zero attached hydrogens (tertiary/aromatic N) is 1. The lowest BCUT2D eigenvalue weighted by Crippen LogP contribution is -2.52. The monoisotopic (exact) mass is 277 g/mol. The predicted molar refractivity (Wildman–Crippen MR) is 82.6 cm³/mol. The van der Waals surface area contributed by atoms with Gasteiger partial charge < -0.3 is 15.8 Å². The molecule has 0 aromatic carbocycles. The quantitative estimate of drug-likeness (QED) is 0.812. The van der Waals surface area contributed by atoms with E-state index in [0.717, 1.165) is 19.3 Å². The van der Waals surface area contributed by atoms with Gasteiger partial charge in [0.25, 0.3) is 0 Å². The number of likely N-dealkylation sites (N-methyl/N-ethyl adjacent to an activating group) is 1. The van der Waals surface area contributed by atoms with Crippen molar-refractivity contribution < 1.29 is 4.74 Å². The van der Waals surface area contributed by atoms with Crippen molar-refractivity contribution in [1.82, 2.24) is 10.3 Å². The van der Waals surface area contributed by atoms with Crippen LogP contribution in [0.2, 0.25) is 0 Å². The van der Waals surface area contributed by atoms with Crippen molar-refractivity contribution in [1.29, 1.82) is 0 Å². The number of ether oxygens (including phenoxy) is 1. The normalized spacial score (nSPS) is 20.3. The largest absolute Gasteiger partial charge is 0.384 e. The summed E-state index contributed by atoms with van der Waals surface area (Å²) in [5.74, 6) is 0.588. The molecule has 1 unspecified atom stereocenters. The summed E-state index contributed by atoms with van der Waals surface area (Å²) < 4.78 is 6.00. The number of anilines is 1. The molecule has 0 saturated heterocycles. The van der Waals surface area contributed by atoms with E-state index in [1.165, 1.54) is 31.2 Å². The summed E-state index contributed by atoms with van der Waals surface area (Å²) in [6.07, 6.45) is 10.1. The minimum absolute atomic E-state index is 0.0523. The number of rotatable bonds is 5. The van der Waals surface area contributed by atoms with Gasteiger partial charge in [-0.05, 0) is 44.0 Å². The Morgan fingerprint density at radius 2 is 2.05 bits per heavy atom. The van der Waals surface area contributed by atoms with Gasteiger partial charge in [-0.3, -0.25) is 0 Å². The molecular weight excluding hydrogens is 250 g/mol. The Morgan fingerprint density at radius 3 is 2.60 bits per heavy atom. The number of hydrogen-bond acceptors (Lipinski definition) is 4. The molecule has 0 spiro atoms. The Kier molecular flexibility index (Phi) is 5.38. The smallest absolute Gasteiger partial charge is 0.123 e. The van der Waals surface area contributed by atoms with E-state index >= 15 is 0 Å². The molecule has 1 heterocycles. The van der Waals surface area contributed by atoms with Crippen LogP contribution in [0.25, 0.3) is 0 Å². The van der Waals surface area contributed by atoms with E-state index in [2.05, 4.69) is 10.3 Å². The van der Waals surface area contributed by atoms with Crippen molar-refractivity contribution >= 4 is 5.82 Å². The molecule has 3 N–H and O–H groups in total. The molecule has 0 bridgehead atoms. The first-order valence-corrected chi connectivity index (χ1v) is 7.63. The molecule has 0 aliphatic heterocycles. The van der Waals surface area contributed by atoms with E-state index in [-0.39, 0.29) is 5.60 Å². The summed E-state index contributed by atoms with van der Waals surface area (Å²) in [5, 5.41) is 3.47. The number of nitrogens with one attached hydrogen (secondary N) is 1. The number of aromatic nitrogens is 1. The van der Waals surface area contributed by atoms with Gasteiger partial charge in [-0.15, -0.1) is 0 Å². The standard InChI is InChI=1S/C16H27N3O/c1-18-14(11-13-7-10-19-15(17)12-13)16(20-2)8-5-3-4-6-9-16/h7,10,12,14,18H,3-6,8-9,11H2,1-2H3,(H2,17,19). The van der Waals surface area contributed by atoms with E-state index in [1.54, 1.807) is 6.20 Å². The Labute approximate surface area is 122 Å². The minimum Gasteiger partial charge on any atom is -0.384 e. The summed E-state index contributed by atoms with van der Waals surface area (Å²) in [7, 11) is 3.89. The molecule has 20 heavy (non-hydrogen) atoms. The summed E-state index contributed by atoms with van der Waals surface area (Å²) >= 11 is 0. The second kappa shape index (κ2) is 7.04. The fourth-order valence-electron chi connectivity index (χ4n) is 3.43. The third-order valence-electron chi connectivity index (χ3n) is 4.63. The third-order valence-corrected chi connectivity index (χ3v) is 4.63. The number of nitrogen functional groups attached to an aromatic ring is 1. The van der Waals surface area contributed by atoms with Crippen LogP contribution in [-0.2, 0) is 11.2 Å². The molecule has 4 heteroatoms. The first-order chi connectivity index (χ1) is 9.70. The highest BCUT2D eigenvalue weighted by Crippen LogP contribution is 2.34. The predicted octanol–water partition coefficient (Wildman–Crippen LogP) is 2.53. The Hall–Kier alpha value is -1.13. The van der Waals surface area contributed by atoms with Crippen molar-refractivity contribution in [3.05, 3.63) is 23.9 Å². The Balaban J connectivity index is 2.16. The van der Waals surface area contributed by atoms with Crippen molar-refractivity contribution in [2.45, 2.75) is 56.6 Å². The molecule has 0 amide bonds. The molecule has 1 saturated carbocycles. The van der Waals surface area contributed by atoms with Gasteiger partial charge in [0, 0.05) is 19.3 Å². The molecule has 4 nitrogen and oxygen atoms in total. The summed E-state index contributed by atoms with van der Waals surface area (Å²) in [4.78, 5) is 4.06. The average Bonchev–Trinajstić information content (AvgIpc) is 2.71. The highest BCUT2D eigenvalue weighted by molar-refractivity contribution is 5.32. The van der Waals surface area contributed by atoms with Crippen LogP contribution in [0.4, 0.5) is 5.82 Å². The van der Waals surface area contributed by atoms with Gasteiger partial charge in [0.1, 0.15) is 5.82 Å². The molecular formula is C16H27N3O. The molecule has 1 aliphatic rings. The van der Waals surface area contributed by atoms with Gasteiger partial charge in [0.05, 0.1) is 5.60 Å². The van der Waals surface area contributed by atoms with Crippen LogP contribution >= 0.6 is 0 Å². The summed E-state index contributed by atoms with van der Waals surface area (Å²) in [5.41, 5.74) is 6.95. The molecule has 1 aromatic rings. The van der Waals surface area contributed by atoms with Crippen LogP contribution in [0.3, 0.4) is 0 Å². The lowest BCUT2D eigenvalue weighted by Gasteiger charge is -2.39. The van der Waals surface area contributed by atoms with E-state index < -0.39 is 0 Å². The zero-order chi connectivity index (χ0) is 14.4. The first kappa shape index (κ1) is 15.3. The molecule has 2 rings (SSSR count). The minimum atomic E-state index is -0.0523. The second-order valence-electron chi connectivity index (χ2n) is 5.82. The SMILES string of the molecule is CNC(Cc1ccnc(N)c1)C1(OC)CCCCCC1. The molecule has 1 fully saturated rings. The van der Waals surface area contributed by atoms with Crippen molar-refractivity contribution in [3.8, 4) is 0 Å². The van der Waals surface area contributed by atoms with Crippen molar-refractivity contribution in [3.63, 3.8) is 0 Å². The summed E-state index contributed by atoms with van der Waals surface area (Å²) in [6, 6.07) is 4.32. The van der Waals surface area contributed by atoms with Crippen molar-refractivity contribution in [2.75, 3.05) is 19.9 Å². The molecule has 1 aliphatic carbocycles. The lowest BCUT2D eigenvalue weighted by atomic mass is 9.83. The topological polar surface area (TPSA) is 60.2 Å². The van der Waals surface area contributed by atoms with E-state index in [9.17, 15) is 0 Å². The van der Waals surface area contributed by atoms with Crippen LogP contribution in [0.1, 0.15) is 44.1 Å². The van der Waals surface area contributed by atoms with Crippen LogP contribution < -0.4 is 11.1 Å². The van der Waals surface area contributed by atoms with E-state index in [0.29, 0.717) is 11.9 Å². The molecule has 1 aromatic heterocycles. The number of nitrogens with two attached hydrogens (primary N) is 1. The molecule has 1 atom stereocenters. The van der Waals surface area contributed by atoms with Crippen LogP contribution in [0.5, 0.6) is 0 Å². The Morgan fingerprint density at radius 1 is 1.35 bits per heavy atom. The van der Waals surface area contributed by atoms with Gasteiger partial charge >= 0.3 is 0 Å². The third kappa shape index (κ3) is 3.49. The zero-order valence-electron chi connectivity index (χ0n) is 12.7. The van der Waals surface area contributed by atoms with Gasteiger partial charge in [0.2, 0.25) is 0 Å². The maximum atomic E-state index is 6.00. The highest BCUT2D eigenvalue weighted by Gasteiger charge is 2.38. The average molecular weight is 277 g/mol. The summed E-state index contributed by atoms with van der Waals surface area (Å²) in [6.45, 7) is 0. The fourth-order valence-corrected chi connectivity index (χ4v) is 3.43. The number of hydrogen-bond donors (Lipinski definition) is 2. The lowest BCUT2D eigenvalue weighted by molar-refractivity contribution is -0.0509. The first-order valence-electron chi connectivity index (χ1n) is 7.63.